The van der Waals surface area contributed by atoms with E-state index in [1.54, 1.807) is 0 Å². The van der Waals surface area contributed by atoms with E-state index in [9.17, 15) is 0 Å². The van der Waals surface area contributed by atoms with Crippen molar-refractivity contribution in [1.29, 1.82) is 5.41 Å². The Hall–Kier alpha value is -7.94. The molecule has 0 aliphatic rings. The van der Waals surface area contributed by atoms with Crippen LogP contribution in [0.5, 0.6) is 0 Å². The summed E-state index contributed by atoms with van der Waals surface area (Å²) in [5.41, 5.74) is 8.26. The van der Waals surface area contributed by atoms with Gasteiger partial charge in [-0.15, -0.1) is 0 Å². The molecule has 280 valence electrons. The molecular weight excluding hydrogens is 725 g/mol. The van der Waals surface area contributed by atoms with Crippen molar-refractivity contribution in [1.82, 2.24) is 0 Å². The molecule has 0 saturated heterocycles. The third kappa shape index (κ3) is 6.14. The lowest BCUT2D eigenvalue weighted by atomic mass is 9.83. The molecule has 0 amide bonds. The number of aliphatic imine (C=N–C) groups is 1. The minimum atomic E-state index is 0.215. The first-order valence-electron chi connectivity index (χ1n) is 20.5. The summed E-state index contributed by atoms with van der Waals surface area (Å²) in [6.07, 6.45) is 4.31. The lowest BCUT2D eigenvalue weighted by Gasteiger charge is -2.20. The van der Waals surface area contributed by atoms with Gasteiger partial charge < -0.3 is 0 Å². The molecule has 0 aromatic heterocycles. The van der Waals surface area contributed by atoms with Crippen molar-refractivity contribution in [2.75, 3.05) is 0 Å². The van der Waals surface area contributed by atoms with Crippen LogP contribution in [0.4, 0.5) is 0 Å². The van der Waals surface area contributed by atoms with E-state index in [1.165, 1.54) is 65.0 Å². The Morgan fingerprint density at radius 3 is 1.63 bits per heavy atom. The number of fused-ring (bicyclic) bond motifs is 7. The van der Waals surface area contributed by atoms with Crippen LogP contribution >= 0.6 is 0 Å². The quantitative estimate of drug-likeness (QED) is 0.0758. The van der Waals surface area contributed by atoms with E-state index in [0.717, 1.165) is 44.3 Å². The normalized spacial score (nSPS) is 12.1. The fourth-order valence-electron chi connectivity index (χ4n) is 9.07. The van der Waals surface area contributed by atoms with Gasteiger partial charge >= 0.3 is 0 Å². The number of nitrogens with one attached hydrogen (secondary N) is 1. The standard InChI is InChI=1S/C58H38N2/c59-58(40-17-2-1-3-18-40)60-55(45-22-14-21-42(36-45)43-30-29-38-15-4-5-19-41(38)35-43)34-33-50-48-25-10-12-27-51(48)57(52-28-13-11-26-49(50)52)56-47-24-9-7-20-44(47)37-54-46-23-8-6-16-39(46)31-32-53(54)56/h1-37,59H/b34-33+,59-58?,60-55?. The Balaban J connectivity index is 1.13. The van der Waals surface area contributed by atoms with Crippen molar-refractivity contribution in [2.45, 2.75) is 0 Å². The summed E-state index contributed by atoms with van der Waals surface area (Å²) in [4.78, 5) is 5.05. The highest BCUT2D eigenvalue weighted by Crippen LogP contribution is 2.46. The molecule has 2 heteroatoms. The molecule has 0 spiro atoms. The third-order valence-electron chi connectivity index (χ3n) is 11.9. The minimum Gasteiger partial charge on any atom is -0.282 e. The average Bonchev–Trinajstić information content (AvgIpc) is 3.32. The summed E-state index contributed by atoms with van der Waals surface area (Å²) < 4.78 is 0. The first-order chi connectivity index (χ1) is 29.7. The number of benzene rings is 11. The van der Waals surface area contributed by atoms with Gasteiger partial charge in [-0.3, -0.25) is 5.41 Å². The zero-order chi connectivity index (χ0) is 40.0. The molecule has 11 rings (SSSR count). The Labute approximate surface area is 348 Å². The monoisotopic (exact) mass is 762 g/mol. The fourth-order valence-corrected chi connectivity index (χ4v) is 9.07. The van der Waals surface area contributed by atoms with Crippen LogP contribution in [-0.2, 0) is 0 Å². The molecule has 0 saturated carbocycles. The van der Waals surface area contributed by atoms with Crippen molar-refractivity contribution in [3.05, 3.63) is 235 Å². The van der Waals surface area contributed by atoms with Crippen molar-refractivity contribution < 1.29 is 0 Å². The molecule has 1 N–H and O–H groups in total. The van der Waals surface area contributed by atoms with Crippen LogP contribution in [0.1, 0.15) is 16.7 Å². The van der Waals surface area contributed by atoms with E-state index in [2.05, 4.69) is 194 Å². The molecule has 0 aliphatic heterocycles. The summed E-state index contributed by atoms with van der Waals surface area (Å²) in [6.45, 7) is 0. The number of hydrogen-bond donors (Lipinski definition) is 1. The predicted octanol–water partition coefficient (Wildman–Crippen LogP) is 15.5. The number of hydrogen-bond acceptors (Lipinski definition) is 1. The van der Waals surface area contributed by atoms with Gasteiger partial charge in [-0.1, -0.05) is 200 Å². The van der Waals surface area contributed by atoms with E-state index in [0.29, 0.717) is 0 Å². The summed E-state index contributed by atoms with van der Waals surface area (Å²) >= 11 is 0. The van der Waals surface area contributed by atoms with E-state index in [-0.39, 0.29) is 5.84 Å². The van der Waals surface area contributed by atoms with Gasteiger partial charge in [0.05, 0.1) is 5.71 Å². The Morgan fingerprint density at radius 1 is 0.350 bits per heavy atom. The molecule has 0 fully saturated rings. The topological polar surface area (TPSA) is 36.2 Å². The highest BCUT2D eigenvalue weighted by Gasteiger charge is 2.19. The molecule has 0 unspecified atom stereocenters. The number of nitrogens with zero attached hydrogens (tertiary/aromatic N) is 1. The van der Waals surface area contributed by atoms with E-state index in [4.69, 9.17) is 10.4 Å². The zero-order valence-electron chi connectivity index (χ0n) is 32.8. The Bertz CT molecular complexity index is 3500. The molecule has 0 radical (unpaired) electrons. The summed E-state index contributed by atoms with van der Waals surface area (Å²) in [5.74, 6) is 0.215. The first-order valence-corrected chi connectivity index (χ1v) is 20.5. The lowest BCUT2D eigenvalue weighted by molar-refractivity contribution is 1.41. The van der Waals surface area contributed by atoms with Crippen molar-refractivity contribution in [3.63, 3.8) is 0 Å². The van der Waals surface area contributed by atoms with Crippen LogP contribution in [0.2, 0.25) is 0 Å². The van der Waals surface area contributed by atoms with Crippen LogP contribution in [0.25, 0.3) is 93.0 Å². The average molecular weight is 763 g/mol. The van der Waals surface area contributed by atoms with Crippen LogP contribution in [-0.4, -0.2) is 11.5 Å². The molecule has 11 aromatic carbocycles. The third-order valence-corrected chi connectivity index (χ3v) is 11.9. The number of amidine groups is 1. The highest BCUT2D eigenvalue weighted by atomic mass is 14.8. The second-order valence-electron chi connectivity index (χ2n) is 15.4. The van der Waals surface area contributed by atoms with Crippen LogP contribution in [0.15, 0.2) is 223 Å². The predicted molar refractivity (Wildman–Crippen MR) is 258 cm³/mol. The van der Waals surface area contributed by atoms with Crippen LogP contribution in [0.3, 0.4) is 0 Å². The maximum atomic E-state index is 9.15. The van der Waals surface area contributed by atoms with Gasteiger partial charge in [0.15, 0.2) is 5.84 Å². The molecule has 60 heavy (non-hydrogen) atoms. The molecule has 0 atom stereocenters. The Kier molecular flexibility index (Phi) is 8.68. The van der Waals surface area contributed by atoms with Crippen molar-refractivity contribution >= 4 is 82.3 Å². The first kappa shape index (κ1) is 35.2. The van der Waals surface area contributed by atoms with Gasteiger partial charge in [-0.05, 0) is 117 Å². The smallest absolute Gasteiger partial charge is 0.152 e. The highest BCUT2D eigenvalue weighted by molar-refractivity contribution is 6.28. The van der Waals surface area contributed by atoms with Gasteiger partial charge in [-0.2, -0.15) is 0 Å². The van der Waals surface area contributed by atoms with E-state index >= 15 is 0 Å². The van der Waals surface area contributed by atoms with Gasteiger partial charge in [0.25, 0.3) is 0 Å². The van der Waals surface area contributed by atoms with Gasteiger partial charge in [0.1, 0.15) is 0 Å². The Morgan fingerprint density at radius 2 is 0.883 bits per heavy atom. The molecule has 2 nitrogen and oxygen atoms in total. The maximum absolute atomic E-state index is 9.15. The number of rotatable bonds is 6. The molecule has 0 bridgehead atoms. The fraction of sp³-hybridized carbons (Fsp3) is 0. The largest absolute Gasteiger partial charge is 0.282 e. The second kappa shape index (κ2) is 14.8. The summed E-state index contributed by atoms with van der Waals surface area (Å²) in [7, 11) is 0. The lowest BCUT2D eigenvalue weighted by Crippen LogP contribution is -2.04. The summed E-state index contributed by atoms with van der Waals surface area (Å²) in [6, 6.07) is 75.4. The van der Waals surface area contributed by atoms with E-state index in [1.807, 2.05) is 30.3 Å². The molecule has 0 heterocycles. The number of allylic oxidation sites excluding steroid dienone is 1. The van der Waals surface area contributed by atoms with Crippen LogP contribution < -0.4 is 0 Å². The van der Waals surface area contributed by atoms with Crippen LogP contribution in [0, 0.1) is 5.41 Å². The van der Waals surface area contributed by atoms with E-state index < -0.39 is 0 Å². The minimum absolute atomic E-state index is 0.215. The zero-order valence-corrected chi connectivity index (χ0v) is 32.8. The summed E-state index contributed by atoms with van der Waals surface area (Å²) in [5, 5.41) is 23.7. The van der Waals surface area contributed by atoms with Gasteiger partial charge in [0.2, 0.25) is 0 Å². The van der Waals surface area contributed by atoms with Crippen molar-refractivity contribution in [3.8, 4) is 22.3 Å². The molecule has 11 aromatic rings. The second-order valence-corrected chi connectivity index (χ2v) is 15.4. The maximum Gasteiger partial charge on any atom is 0.152 e. The van der Waals surface area contributed by atoms with Crippen molar-refractivity contribution in [2.24, 2.45) is 4.99 Å². The molecular formula is C58H38N2. The van der Waals surface area contributed by atoms with Gasteiger partial charge in [-0.25, -0.2) is 4.99 Å². The van der Waals surface area contributed by atoms with Gasteiger partial charge in [0, 0.05) is 11.1 Å². The SMILES string of the molecule is N=C(N=C(/C=C/c1c2ccccc2c(-c2c3ccccc3cc3c2ccc2ccccc23)c2ccccc12)c1cccc(-c2ccc3ccccc3c2)c1)c1ccccc1. The molecule has 0 aliphatic carbocycles.